The van der Waals surface area contributed by atoms with Crippen LogP contribution in [0.15, 0.2) is 78.5 Å². The number of aromatic hydroxyl groups is 1. The van der Waals surface area contributed by atoms with E-state index in [4.69, 9.17) is 4.74 Å². The van der Waals surface area contributed by atoms with Gasteiger partial charge in [0.2, 0.25) is 0 Å². The van der Waals surface area contributed by atoms with Gasteiger partial charge in [-0.3, -0.25) is 9.59 Å². The molecule has 1 aliphatic heterocycles. The molecule has 0 radical (unpaired) electrons. The Balaban J connectivity index is 1.60. The number of carbonyl (C=O) groups excluding carboxylic acids is 2. The van der Waals surface area contributed by atoms with E-state index in [-0.39, 0.29) is 29.0 Å². The van der Waals surface area contributed by atoms with Crippen molar-refractivity contribution in [3.8, 4) is 11.5 Å². The van der Waals surface area contributed by atoms with Gasteiger partial charge < -0.3 is 24.8 Å². The van der Waals surface area contributed by atoms with Gasteiger partial charge in [-0.1, -0.05) is 51.1 Å². The number of ketones is 1. The number of Topliss-reactive ketones (excluding diaryl/α,β-unsaturated/α-hetero) is 1. The summed E-state index contributed by atoms with van der Waals surface area (Å²) >= 11 is 0. The second kappa shape index (κ2) is 10.6. The summed E-state index contributed by atoms with van der Waals surface area (Å²) in [6.45, 7) is 8.79. The second-order valence-corrected chi connectivity index (χ2v) is 11.1. The predicted molar refractivity (Wildman–Crippen MR) is 155 cm³/mol. The third kappa shape index (κ3) is 4.95. The van der Waals surface area contributed by atoms with Gasteiger partial charge in [0, 0.05) is 34.8 Å². The minimum absolute atomic E-state index is 0.00135. The lowest BCUT2D eigenvalue weighted by molar-refractivity contribution is -0.139. The first-order valence-electron chi connectivity index (χ1n) is 13.5. The molecule has 3 N–H and O–H groups in total. The van der Waals surface area contributed by atoms with Gasteiger partial charge in [0.15, 0.2) is 0 Å². The number of carbonyl (C=O) groups is 2. The number of phenolic OH excluding ortho intramolecular Hbond substituents is 1. The highest BCUT2D eigenvalue weighted by molar-refractivity contribution is 6.46. The smallest absolute Gasteiger partial charge is 0.295 e. The van der Waals surface area contributed by atoms with E-state index in [1.54, 1.807) is 24.3 Å². The summed E-state index contributed by atoms with van der Waals surface area (Å²) in [5.74, 6) is -0.978. The standard InChI is InChI=1S/C33H34N2O5/c1-5-40-27-14-13-21(18-25(27)33(2,3)4)30(37)28-29(20-9-8-10-23(36)17-20)35(32(39)31(28)38)16-15-22-19-34-26-12-7-6-11-24(22)26/h6-14,17-19,29,34,36-37H,5,15-16H2,1-4H3/b30-28+. The van der Waals surface area contributed by atoms with Crippen LogP contribution in [0.4, 0.5) is 0 Å². The van der Waals surface area contributed by atoms with Crippen LogP contribution < -0.4 is 4.74 Å². The van der Waals surface area contributed by atoms with Crippen LogP contribution in [0.2, 0.25) is 0 Å². The first-order chi connectivity index (χ1) is 19.1. The summed E-state index contributed by atoms with van der Waals surface area (Å²) < 4.78 is 5.82. The Kier molecular flexibility index (Phi) is 7.15. The van der Waals surface area contributed by atoms with Crippen molar-refractivity contribution in [2.24, 2.45) is 0 Å². The summed E-state index contributed by atoms with van der Waals surface area (Å²) in [5.41, 5.74) is 3.56. The highest BCUT2D eigenvalue weighted by Crippen LogP contribution is 2.42. The molecule has 1 aromatic heterocycles. The highest BCUT2D eigenvalue weighted by atomic mass is 16.5. The number of para-hydroxylation sites is 1. The molecule has 1 atom stereocenters. The SMILES string of the molecule is CCOc1ccc(/C(O)=C2\C(=O)C(=O)N(CCc3c[nH]c4ccccc34)C2c2cccc(O)c2)cc1C(C)(C)C. The number of amides is 1. The topological polar surface area (TPSA) is 103 Å². The van der Waals surface area contributed by atoms with Crippen molar-refractivity contribution >= 4 is 28.4 Å². The van der Waals surface area contributed by atoms with Gasteiger partial charge in [0.1, 0.15) is 17.3 Å². The van der Waals surface area contributed by atoms with Crippen molar-refractivity contribution < 1.29 is 24.5 Å². The van der Waals surface area contributed by atoms with Crippen molar-refractivity contribution in [1.82, 2.24) is 9.88 Å². The second-order valence-electron chi connectivity index (χ2n) is 11.1. The molecule has 0 aliphatic carbocycles. The van der Waals surface area contributed by atoms with E-state index >= 15 is 0 Å². The van der Waals surface area contributed by atoms with Gasteiger partial charge in [-0.2, -0.15) is 0 Å². The van der Waals surface area contributed by atoms with Crippen molar-refractivity contribution in [3.63, 3.8) is 0 Å². The molecule has 0 spiro atoms. The number of hydrogen-bond donors (Lipinski definition) is 3. The number of aliphatic hydroxyl groups excluding tert-OH is 1. The molecular weight excluding hydrogens is 504 g/mol. The molecule has 7 heteroatoms. The number of fused-ring (bicyclic) bond motifs is 1. The molecule has 0 saturated carbocycles. The molecule has 1 aliphatic rings. The normalized spacial score (nSPS) is 17.1. The molecule has 2 heterocycles. The van der Waals surface area contributed by atoms with Crippen molar-refractivity contribution in [1.29, 1.82) is 0 Å². The Bertz CT molecular complexity index is 1630. The lowest BCUT2D eigenvalue weighted by Gasteiger charge is -2.26. The number of benzene rings is 3. The summed E-state index contributed by atoms with van der Waals surface area (Å²) in [6, 6.07) is 18.8. The van der Waals surface area contributed by atoms with Crippen LogP contribution >= 0.6 is 0 Å². The largest absolute Gasteiger partial charge is 0.508 e. The number of rotatable bonds is 7. The van der Waals surface area contributed by atoms with Gasteiger partial charge in [0.25, 0.3) is 11.7 Å². The fourth-order valence-corrected chi connectivity index (χ4v) is 5.43. The van der Waals surface area contributed by atoms with Crippen LogP contribution in [0.1, 0.15) is 56.0 Å². The van der Waals surface area contributed by atoms with E-state index in [9.17, 15) is 19.8 Å². The van der Waals surface area contributed by atoms with Crippen molar-refractivity contribution in [3.05, 3.63) is 101 Å². The van der Waals surface area contributed by atoms with Crippen molar-refractivity contribution in [2.75, 3.05) is 13.2 Å². The number of H-pyrrole nitrogens is 1. The highest BCUT2D eigenvalue weighted by Gasteiger charge is 2.46. The Morgan fingerprint density at radius 3 is 2.52 bits per heavy atom. The number of nitrogens with zero attached hydrogens (tertiary/aromatic N) is 1. The number of aromatic amines is 1. The Morgan fingerprint density at radius 2 is 1.80 bits per heavy atom. The molecule has 40 heavy (non-hydrogen) atoms. The lowest BCUT2D eigenvalue weighted by Crippen LogP contribution is -2.31. The minimum Gasteiger partial charge on any atom is -0.508 e. The van der Waals surface area contributed by atoms with Gasteiger partial charge in [-0.15, -0.1) is 0 Å². The molecule has 1 fully saturated rings. The summed E-state index contributed by atoms with van der Waals surface area (Å²) in [4.78, 5) is 31.7. The maximum atomic E-state index is 13.5. The van der Waals surface area contributed by atoms with E-state index in [1.807, 2.05) is 64.2 Å². The van der Waals surface area contributed by atoms with Crippen LogP contribution in [-0.2, 0) is 21.4 Å². The predicted octanol–water partition coefficient (Wildman–Crippen LogP) is 6.23. The van der Waals surface area contributed by atoms with E-state index < -0.39 is 17.7 Å². The molecule has 206 valence electrons. The summed E-state index contributed by atoms with van der Waals surface area (Å²) in [6.07, 6.45) is 2.42. The minimum atomic E-state index is -0.859. The molecule has 1 saturated heterocycles. The average Bonchev–Trinajstić information content (AvgIpc) is 3.45. The van der Waals surface area contributed by atoms with Gasteiger partial charge >= 0.3 is 0 Å². The van der Waals surface area contributed by atoms with Gasteiger partial charge in [-0.05, 0) is 66.3 Å². The third-order valence-corrected chi connectivity index (χ3v) is 7.38. The zero-order valence-electron chi connectivity index (χ0n) is 23.2. The van der Waals surface area contributed by atoms with Crippen molar-refractivity contribution in [2.45, 2.75) is 45.6 Å². The van der Waals surface area contributed by atoms with Gasteiger partial charge in [-0.25, -0.2) is 0 Å². The van der Waals surface area contributed by atoms with Crippen LogP contribution in [0.5, 0.6) is 11.5 Å². The molecule has 1 amide bonds. The van der Waals surface area contributed by atoms with Gasteiger partial charge in [0.05, 0.1) is 18.2 Å². The van der Waals surface area contributed by atoms with Crippen LogP contribution in [-0.4, -0.2) is 44.9 Å². The number of phenols is 1. The summed E-state index contributed by atoms with van der Waals surface area (Å²) in [7, 11) is 0. The first kappa shape index (κ1) is 27.1. The molecule has 5 rings (SSSR count). The maximum Gasteiger partial charge on any atom is 0.295 e. The first-order valence-corrected chi connectivity index (χ1v) is 13.5. The van der Waals surface area contributed by atoms with E-state index in [0.29, 0.717) is 29.9 Å². The molecule has 1 unspecified atom stereocenters. The quantitative estimate of drug-likeness (QED) is 0.147. The fourth-order valence-electron chi connectivity index (χ4n) is 5.43. The molecular formula is C33H34N2O5. The zero-order chi connectivity index (χ0) is 28.6. The Hall–Kier alpha value is -4.52. The molecule has 4 aromatic rings. The molecule has 3 aromatic carbocycles. The number of aromatic nitrogens is 1. The third-order valence-electron chi connectivity index (χ3n) is 7.38. The average molecular weight is 539 g/mol. The molecule has 7 nitrogen and oxygen atoms in total. The van der Waals surface area contributed by atoms with Crippen LogP contribution in [0.3, 0.4) is 0 Å². The maximum absolute atomic E-state index is 13.5. The number of hydrogen-bond acceptors (Lipinski definition) is 5. The lowest BCUT2D eigenvalue weighted by atomic mass is 9.84. The fraction of sp³-hybridized carbons (Fsp3) is 0.273. The van der Waals surface area contributed by atoms with Crippen LogP contribution in [0.25, 0.3) is 16.7 Å². The van der Waals surface area contributed by atoms with Crippen LogP contribution in [0, 0.1) is 0 Å². The Labute approximate surface area is 233 Å². The number of aliphatic hydroxyl groups is 1. The molecule has 0 bridgehead atoms. The van der Waals surface area contributed by atoms with E-state index in [1.165, 1.54) is 17.0 Å². The van der Waals surface area contributed by atoms with E-state index in [2.05, 4.69) is 4.98 Å². The Morgan fingerprint density at radius 1 is 1.02 bits per heavy atom. The monoisotopic (exact) mass is 538 g/mol. The number of nitrogens with one attached hydrogen (secondary N) is 1. The van der Waals surface area contributed by atoms with E-state index in [0.717, 1.165) is 22.0 Å². The summed E-state index contributed by atoms with van der Waals surface area (Å²) in [5, 5.41) is 22.9. The zero-order valence-corrected chi connectivity index (χ0v) is 23.2. The number of likely N-dealkylation sites (tertiary alicyclic amines) is 1. The number of ether oxygens (including phenoxy) is 1.